The molecular weight excluding hydrogens is 516 g/mol. The van der Waals surface area contributed by atoms with Gasteiger partial charge in [0.2, 0.25) is 0 Å². The summed E-state index contributed by atoms with van der Waals surface area (Å²) in [5.41, 5.74) is 9.86. The molecule has 0 fully saturated rings. The normalized spacial score (nSPS) is 12.0. The minimum absolute atomic E-state index is 0.0608. The Balaban J connectivity index is 1.45. The summed E-state index contributed by atoms with van der Waals surface area (Å²) in [6, 6.07) is 27.4. The molecular formula is C38H46N2O2. The maximum Gasteiger partial charge on any atom is 0.338 e. The first-order valence-electron chi connectivity index (χ1n) is 14.9. The molecule has 0 aliphatic heterocycles. The fourth-order valence-corrected chi connectivity index (χ4v) is 5.15. The number of pyridine rings is 1. The monoisotopic (exact) mass is 562 g/mol. The van der Waals surface area contributed by atoms with Gasteiger partial charge in [-0.2, -0.15) is 0 Å². The number of aromatic nitrogens is 1. The first kappa shape index (κ1) is 31.2. The third kappa shape index (κ3) is 8.87. The molecule has 0 N–H and O–H groups in total. The van der Waals surface area contributed by atoms with Gasteiger partial charge in [-0.15, -0.1) is 0 Å². The van der Waals surface area contributed by atoms with Crippen molar-refractivity contribution in [1.82, 2.24) is 9.88 Å². The molecule has 4 aromatic rings. The Morgan fingerprint density at radius 3 is 1.81 bits per heavy atom. The van der Waals surface area contributed by atoms with Crippen LogP contribution in [-0.2, 0) is 41.8 Å². The molecule has 4 rings (SSSR count). The highest BCUT2D eigenvalue weighted by Gasteiger charge is 2.23. The molecule has 4 heteroatoms. The molecule has 1 heterocycles. The van der Waals surface area contributed by atoms with Crippen molar-refractivity contribution in [3.05, 3.63) is 135 Å². The molecule has 4 nitrogen and oxygen atoms in total. The number of carbonyl (C=O) groups is 1. The van der Waals surface area contributed by atoms with Crippen LogP contribution in [0.2, 0.25) is 0 Å². The van der Waals surface area contributed by atoms with Gasteiger partial charge in [0.25, 0.3) is 0 Å². The van der Waals surface area contributed by atoms with Crippen LogP contribution in [0.25, 0.3) is 0 Å². The third-order valence-corrected chi connectivity index (χ3v) is 7.50. The number of hydrogen-bond donors (Lipinski definition) is 0. The Bertz CT molecular complexity index is 1440. The van der Waals surface area contributed by atoms with Crippen molar-refractivity contribution >= 4 is 5.97 Å². The number of nitrogens with zero attached hydrogens (tertiary/aromatic N) is 2. The molecule has 0 aliphatic carbocycles. The van der Waals surface area contributed by atoms with Crippen LogP contribution in [0.3, 0.4) is 0 Å². The lowest BCUT2D eigenvalue weighted by Gasteiger charge is -2.26. The highest BCUT2D eigenvalue weighted by molar-refractivity contribution is 5.90. The summed E-state index contributed by atoms with van der Waals surface area (Å²) in [6.07, 6.45) is 1.85. The van der Waals surface area contributed by atoms with Crippen LogP contribution in [0.15, 0.2) is 85.1 Å². The smallest absolute Gasteiger partial charge is 0.338 e. The Hall–Kier alpha value is -3.76. The largest absolute Gasteiger partial charge is 0.457 e. The van der Waals surface area contributed by atoms with E-state index < -0.39 is 0 Å². The zero-order valence-electron chi connectivity index (χ0n) is 26.6. The second-order valence-corrected chi connectivity index (χ2v) is 13.7. The van der Waals surface area contributed by atoms with Gasteiger partial charge in [-0.1, -0.05) is 107 Å². The number of rotatable bonds is 9. The van der Waals surface area contributed by atoms with Crippen molar-refractivity contribution in [3.63, 3.8) is 0 Å². The highest BCUT2D eigenvalue weighted by atomic mass is 16.5. The summed E-state index contributed by atoms with van der Waals surface area (Å²) in [6.45, 7) is 20.0. The minimum Gasteiger partial charge on any atom is -0.457 e. The predicted molar refractivity (Wildman–Crippen MR) is 173 cm³/mol. The van der Waals surface area contributed by atoms with E-state index in [0.717, 1.165) is 42.0 Å². The summed E-state index contributed by atoms with van der Waals surface area (Å²) in [7, 11) is 0. The molecule has 0 bridgehead atoms. The van der Waals surface area contributed by atoms with Crippen LogP contribution in [0, 0.1) is 13.8 Å². The standard InChI is InChI=1S/C38H46N2O2/c1-27-17-28(2)19-31(18-27)24-40(25-35-11-9-10-16-39-35)23-29-12-14-30(15-13-29)26-42-36(41)32-20-33(37(3,4)5)22-34(21-32)38(6,7)8/h9-22H,23-26H2,1-8H3. The Morgan fingerprint density at radius 2 is 1.26 bits per heavy atom. The van der Waals surface area contributed by atoms with Gasteiger partial charge >= 0.3 is 5.97 Å². The second-order valence-electron chi connectivity index (χ2n) is 13.7. The van der Waals surface area contributed by atoms with Gasteiger partial charge in [-0.3, -0.25) is 9.88 Å². The molecule has 0 saturated heterocycles. The van der Waals surface area contributed by atoms with Gasteiger partial charge in [-0.05, 0) is 76.8 Å². The second kappa shape index (κ2) is 13.0. The Kier molecular flexibility index (Phi) is 9.68. The summed E-state index contributed by atoms with van der Waals surface area (Å²) in [5.74, 6) is -0.286. The maximum absolute atomic E-state index is 13.1. The lowest BCUT2D eigenvalue weighted by atomic mass is 9.79. The molecule has 0 spiro atoms. The number of esters is 1. The molecule has 0 saturated carbocycles. The van der Waals surface area contributed by atoms with E-state index >= 15 is 0 Å². The van der Waals surface area contributed by atoms with Gasteiger partial charge in [0.15, 0.2) is 0 Å². The topological polar surface area (TPSA) is 42.4 Å². The summed E-state index contributed by atoms with van der Waals surface area (Å²) >= 11 is 0. The zero-order valence-corrected chi connectivity index (χ0v) is 26.6. The van der Waals surface area contributed by atoms with Crippen molar-refractivity contribution in [2.45, 2.75) is 92.5 Å². The van der Waals surface area contributed by atoms with E-state index in [1.807, 2.05) is 30.5 Å². The van der Waals surface area contributed by atoms with Crippen LogP contribution in [0.5, 0.6) is 0 Å². The first-order valence-corrected chi connectivity index (χ1v) is 14.9. The maximum atomic E-state index is 13.1. The number of carbonyl (C=O) groups excluding carboxylic acids is 1. The molecule has 1 aromatic heterocycles. The number of ether oxygens (including phenoxy) is 1. The van der Waals surface area contributed by atoms with E-state index in [9.17, 15) is 4.79 Å². The lowest BCUT2D eigenvalue weighted by molar-refractivity contribution is 0.0472. The van der Waals surface area contributed by atoms with E-state index in [2.05, 4.69) is 120 Å². The summed E-state index contributed by atoms with van der Waals surface area (Å²) < 4.78 is 5.79. The van der Waals surface area contributed by atoms with Crippen molar-refractivity contribution in [1.29, 1.82) is 0 Å². The third-order valence-electron chi connectivity index (χ3n) is 7.50. The van der Waals surface area contributed by atoms with E-state index in [4.69, 9.17) is 4.74 Å². The fraction of sp³-hybridized carbons (Fsp3) is 0.368. The van der Waals surface area contributed by atoms with Gasteiger partial charge in [0, 0.05) is 25.8 Å². The molecule has 0 amide bonds. The number of hydrogen-bond acceptors (Lipinski definition) is 4. The quantitative estimate of drug-likeness (QED) is 0.191. The van der Waals surface area contributed by atoms with Crippen LogP contribution < -0.4 is 0 Å². The highest BCUT2D eigenvalue weighted by Crippen LogP contribution is 2.30. The van der Waals surface area contributed by atoms with Gasteiger partial charge < -0.3 is 4.74 Å². The lowest BCUT2D eigenvalue weighted by Crippen LogP contribution is -2.23. The molecule has 220 valence electrons. The van der Waals surface area contributed by atoms with E-state index in [1.165, 1.54) is 22.3 Å². The van der Waals surface area contributed by atoms with Gasteiger partial charge in [0.05, 0.1) is 11.3 Å². The van der Waals surface area contributed by atoms with Crippen LogP contribution in [-0.4, -0.2) is 15.9 Å². The van der Waals surface area contributed by atoms with Crippen LogP contribution in [0.4, 0.5) is 0 Å². The fourth-order valence-electron chi connectivity index (χ4n) is 5.15. The average molecular weight is 563 g/mol. The van der Waals surface area contributed by atoms with Crippen molar-refractivity contribution in [2.75, 3.05) is 0 Å². The predicted octanol–water partition coefficient (Wildman–Crippen LogP) is 8.85. The van der Waals surface area contributed by atoms with Gasteiger partial charge in [0.1, 0.15) is 6.61 Å². The Labute approximate surface area is 252 Å². The van der Waals surface area contributed by atoms with E-state index in [1.54, 1.807) is 0 Å². The molecule has 0 aliphatic rings. The van der Waals surface area contributed by atoms with E-state index in [-0.39, 0.29) is 23.4 Å². The van der Waals surface area contributed by atoms with Crippen molar-refractivity contribution < 1.29 is 9.53 Å². The van der Waals surface area contributed by atoms with Crippen molar-refractivity contribution in [3.8, 4) is 0 Å². The van der Waals surface area contributed by atoms with Crippen LogP contribution >= 0.6 is 0 Å². The van der Waals surface area contributed by atoms with E-state index in [0.29, 0.717) is 5.56 Å². The number of aryl methyl sites for hydroxylation is 2. The molecule has 0 radical (unpaired) electrons. The summed E-state index contributed by atoms with van der Waals surface area (Å²) in [5, 5.41) is 0. The molecule has 0 atom stereocenters. The average Bonchev–Trinajstić information content (AvgIpc) is 2.91. The SMILES string of the molecule is Cc1cc(C)cc(CN(Cc2ccc(COC(=O)c3cc(C(C)(C)C)cc(C(C)(C)C)c3)cc2)Cc2ccccn2)c1. The zero-order chi connectivity index (χ0) is 30.5. The molecule has 3 aromatic carbocycles. The van der Waals surface area contributed by atoms with Crippen molar-refractivity contribution in [2.24, 2.45) is 0 Å². The molecule has 42 heavy (non-hydrogen) atoms. The first-order chi connectivity index (χ1) is 19.8. The number of benzene rings is 3. The van der Waals surface area contributed by atoms with Crippen LogP contribution in [0.1, 0.15) is 96.5 Å². The molecule has 0 unspecified atom stereocenters. The Morgan fingerprint density at radius 1 is 0.690 bits per heavy atom. The van der Waals surface area contributed by atoms with Gasteiger partial charge in [-0.25, -0.2) is 4.79 Å². The minimum atomic E-state index is -0.286. The summed E-state index contributed by atoms with van der Waals surface area (Å²) in [4.78, 5) is 20.1.